The van der Waals surface area contributed by atoms with Crippen LogP contribution < -0.4 is 31.9 Å². The Hall–Kier alpha value is -8.06. The molecule has 1 rings (SSSR count). The van der Waals surface area contributed by atoms with Gasteiger partial charge in [0.2, 0.25) is 35.4 Å². The molecular formula is C90H154N8O27. The molecular weight excluding hydrogens is 1630 g/mol. The number of aromatic amines is 1. The molecule has 35 heteroatoms. The molecule has 0 saturated carbocycles. The number of imidazole rings is 1. The summed E-state index contributed by atoms with van der Waals surface area (Å²) < 4.78 is 43.6. The number of unbranched alkanes of at least 4 members (excludes halogenated alkanes) is 24. The first kappa shape index (κ1) is 115. The molecule has 125 heavy (non-hydrogen) atoms. The molecule has 0 aliphatic carbocycles. The Morgan fingerprint density at radius 3 is 1.09 bits per heavy atom. The minimum absolute atomic E-state index is 0.00106. The van der Waals surface area contributed by atoms with E-state index in [0.717, 1.165) is 147 Å². The van der Waals surface area contributed by atoms with Gasteiger partial charge in [-0.3, -0.25) is 62.3 Å². The van der Waals surface area contributed by atoms with Crippen LogP contribution >= 0.6 is 0 Å². The number of rotatable bonds is 94. The number of amides is 6. The molecule has 1 aromatic rings. The van der Waals surface area contributed by atoms with Crippen LogP contribution in [-0.4, -0.2) is 263 Å². The molecule has 11 N–H and O–H groups in total. The average Bonchev–Trinajstić information content (AvgIpc) is 1.68. The van der Waals surface area contributed by atoms with Gasteiger partial charge >= 0.3 is 23.9 Å². The molecule has 1 aromatic heterocycles. The molecule has 0 fully saturated rings. The lowest BCUT2D eigenvalue weighted by atomic mass is 9.85. The van der Waals surface area contributed by atoms with Gasteiger partial charge < -0.3 is 95.2 Å². The summed E-state index contributed by atoms with van der Waals surface area (Å²) in [5.41, 5.74) is 0.806. The highest BCUT2D eigenvalue weighted by Crippen LogP contribution is 2.24. The van der Waals surface area contributed by atoms with Crippen molar-refractivity contribution in [3.63, 3.8) is 0 Å². The smallest absolute Gasteiger partial charge is 0.326 e. The highest BCUT2D eigenvalue weighted by molar-refractivity contribution is 5.89. The number of carbonyl (C=O) groups is 15. The number of ketones is 5. The first-order valence-electron chi connectivity index (χ1n) is 46.2. The number of carboxylic acid groups (broad SMARTS) is 4. The predicted octanol–water partition coefficient (Wildman–Crippen LogP) is 9.90. The van der Waals surface area contributed by atoms with Crippen LogP contribution in [0, 0.1) is 11.8 Å². The van der Waals surface area contributed by atoms with Crippen molar-refractivity contribution in [2.75, 3.05) is 132 Å². The van der Waals surface area contributed by atoms with Crippen molar-refractivity contribution >= 4 is 88.2 Å². The van der Waals surface area contributed by atoms with E-state index >= 15 is 0 Å². The maximum atomic E-state index is 13.8. The fourth-order valence-corrected chi connectivity index (χ4v) is 13.6. The summed E-state index contributed by atoms with van der Waals surface area (Å²) in [7, 11) is 0. The Morgan fingerprint density at radius 2 is 0.680 bits per heavy atom. The van der Waals surface area contributed by atoms with Crippen LogP contribution in [0.25, 0.3) is 0 Å². The lowest BCUT2D eigenvalue weighted by molar-refractivity contribution is -0.142. The monoisotopic (exact) mass is 1780 g/mol. The number of aliphatic carboxylic acids is 4. The number of H-pyrrole nitrogens is 1. The van der Waals surface area contributed by atoms with Crippen LogP contribution in [0.2, 0.25) is 0 Å². The molecule has 0 bridgehead atoms. The molecule has 6 amide bonds. The summed E-state index contributed by atoms with van der Waals surface area (Å²) in [4.78, 5) is 190. The van der Waals surface area contributed by atoms with Crippen LogP contribution in [0.5, 0.6) is 0 Å². The van der Waals surface area contributed by atoms with Crippen LogP contribution in [-0.2, 0) is 116 Å². The fraction of sp³-hybridized carbons (Fsp3) is 0.800. The van der Waals surface area contributed by atoms with E-state index in [1.165, 1.54) is 13.3 Å². The zero-order chi connectivity index (χ0) is 91.7. The molecule has 1 heterocycles. The van der Waals surface area contributed by atoms with Crippen molar-refractivity contribution in [1.82, 2.24) is 41.9 Å². The minimum atomic E-state index is -1.21. The number of nitrogens with zero attached hydrogens (tertiary/aromatic N) is 1. The number of carbonyl (C=O) groups excluding carboxylic acids is 11. The number of nitrogens with one attached hydrogen (secondary N) is 7. The Bertz CT molecular complexity index is 3090. The number of hydrogen-bond donors (Lipinski definition) is 11. The van der Waals surface area contributed by atoms with Gasteiger partial charge in [0.05, 0.1) is 72.4 Å². The van der Waals surface area contributed by atoms with E-state index in [1.54, 1.807) is 6.20 Å². The second kappa shape index (κ2) is 81.7. The topological polar surface area (TPSA) is 512 Å². The number of Topliss-reactive ketones (excluding diaryl/α,β-unsaturated/α-hetero) is 5. The summed E-state index contributed by atoms with van der Waals surface area (Å²) in [5, 5.41) is 52.6. The molecule has 0 aliphatic heterocycles. The van der Waals surface area contributed by atoms with Gasteiger partial charge in [0.15, 0.2) is 5.78 Å². The van der Waals surface area contributed by atoms with Crippen LogP contribution in [0.4, 0.5) is 0 Å². The van der Waals surface area contributed by atoms with Crippen LogP contribution in [0.1, 0.15) is 308 Å². The quantitative estimate of drug-likeness (QED) is 0.0270. The van der Waals surface area contributed by atoms with E-state index < -0.39 is 41.9 Å². The lowest BCUT2D eigenvalue weighted by Crippen LogP contribution is -2.41. The average molecular weight is 1780 g/mol. The van der Waals surface area contributed by atoms with Gasteiger partial charge in [0.1, 0.15) is 61.6 Å². The van der Waals surface area contributed by atoms with Gasteiger partial charge in [-0.2, -0.15) is 0 Å². The summed E-state index contributed by atoms with van der Waals surface area (Å²) in [6.07, 6.45) is 34.0. The molecule has 4 atom stereocenters. The van der Waals surface area contributed by atoms with E-state index in [4.69, 9.17) is 48.1 Å². The summed E-state index contributed by atoms with van der Waals surface area (Å²) in [6.45, 7) is 4.21. The zero-order valence-corrected chi connectivity index (χ0v) is 75.0. The standard InChI is InChI=1S/C90H154N8O27/c1-71(99)72(32-26-28-48-92-85(108)68-125-63-59-121-55-51-95-86(109)69-124-62-56-118-52-30-34-75(100)43-44-78(89(114)115)97-82(105)36-22-18-14-10-6-2-4-8-12-16-20-24-38-87(110)111)40-46-80(103)73(64-76(101)42-41-74-65-91-70-96-74)33-27-29-49-93-84(107)67-123-61-57-119-53-31-35-77(102)66-122-60-58-120-54-50-94-81(104)47-45-79(90(116)117)98-83(106)37-23-19-15-11-7-3-5-9-13-17-21-25-39-88(112)113/h65,70,72-73,78-79H,2-64,66-69H2,1H3,(H,91,96)(H,92,108)(H,93,107)(H,94,104)(H,95,109)(H,97,105)(H,98,106)(H,110,111)(H,112,113)(H,114,115)(H,116,117)/t72-,73-,78+,79+/m1/s1. The highest BCUT2D eigenvalue weighted by atomic mass is 16.5. The van der Waals surface area contributed by atoms with Crippen LogP contribution in [0.3, 0.4) is 0 Å². The number of ether oxygens (including phenoxy) is 8. The van der Waals surface area contributed by atoms with Crippen LogP contribution in [0.15, 0.2) is 12.5 Å². The SMILES string of the molecule is CC(=O)[C@H](CCCCNC(=O)COCCOCCNC(=O)COCCOCCCC(=O)CC[C@H](NC(=O)CCCCCCCCCCCCCCC(=O)O)C(=O)O)CCC(=O)[C@H](CCCCNC(=O)COCCOCCCC(=O)COCCOCCNC(=O)CC[C@H](NC(=O)CCCCCCCCCCCCCCC(=O)O)C(=O)O)CC(=O)CCc1cnc[nH]1. The largest absolute Gasteiger partial charge is 0.481 e. The van der Waals surface area contributed by atoms with E-state index in [2.05, 4.69) is 41.9 Å². The normalized spacial score (nSPS) is 12.2. The van der Waals surface area contributed by atoms with Crippen molar-refractivity contribution in [2.24, 2.45) is 11.8 Å². The number of aryl methyl sites for hydroxylation is 1. The summed E-state index contributed by atoms with van der Waals surface area (Å²) in [5.74, 6) is -7.34. The maximum Gasteiger partial charge on any atom is 0.326 e. The third-order valence-electron chi connectivity index (χ3n) is 20.9. The van der Waals surface area contributed by atoms with Gasteiger partial charge in [-0.05, 0) is 96.8 Å². The maximum absolute atomic E-state index is 13.8. The van der Waals surface area contributed by atoms with Crippen molar-refractivity contribution in [3.05, 3.63) is 18.2 Å². The second-order valence-corrected chi connectivity index (χ2v) is 31.9. The summed E-state index contributed by atoms with van der Waals surface area (Å²) in [6, 6.07) is -2.31. The molecule has 0 spiro atoms. The Labute approximate surface area is 739 Å². The Balaban J connectivity index is 2.15. The third kappa shape index (κ3) is 75.8. The first-order chi connectivity index (χ1) is 60.4. The zero-order valence-electron chi connectivity index (χ0n) is 75.0. The van der Waals surface area contributed by atoms with E-state index in [0.29, 0.717) is 96.7 Å². The van der Waals surface area contributed by atoms with E-state index in [9.17, 15) is 82.1 Å². The van der Waals surface area contributed by atoms with Gasteiger partial charge in [-0.25, -0.2) is 14.6 Å². The number of hydrogen-bond acceptors (Lipinski definition) is 24. The predicted molar refractivity (Wildman–Crippen MR) is 465 cm³/mol. The molecule has 0 unspecified atom stereocenters. The van der Waals surface area contributed by atoms with Gasteiger partial charge in [-0.1, -0.05) is 141 Å². The fourth-order valence-electron chi connectivity index (χ4n) is 13.6. The Kier molecular flexibility index (Phi) is 75.1. The second-order valence-electron chi connectivity index (χ2n) is 31.9. The van der Waals surface area contributed by atoms with Crippen molar-refractivity contribution in [1.29, 1.82) is 0 Å². The molecule has 35 nitrogen and oxygen atoms in total. The molecule has 0 radical (unpaired) electrons. The Morgan fingerprint density at radius 1 is 0.312 bits per heavy atom. The van der Waals surface area contributed by atoms with Crippen molar-refractivity contribution in [3.8, 4) is 0 Å². The lowest BCUT2D eigenvalue weighted by Gasteiger charge is -2.18. The molecule has 0 saturated heterocycles. The molecule has 0 aromatic carbocycles. The highest BCUT2D eigenvalue weighted by Gasteiger charge is 2.26. The number of carboxylic acids is 4. The van der Waals surface area contributed by atoms with E-state index in [-0.39, 0.29) is 266 Å². The van der Waals surface area contributed by atoms with Crippen molar-refractivity contribution in [2.45, 2.75) is 321 Å². The van der Waals surface area contributed by atoms with E-state index in [1.807, 2.05) is 0 Å². The van der Waals surface area contributed by atoms with Crippen molar-refractivity contribution < 1.29 is 130 Å². The number of aromatic nitrogens is 2. The van der Waals surface area contributed by atoms with Gasteiger partial charge in [-0.15, -0.1) is 0 Å². The third-order valence-corrected chi connectivity index (χ3v) is 20.9. The molecule has 716 valence electrons. The summed E-state index contributed by atoms with van der Waals surface area (Å²) >= 11 is 0. The first-order valence-corrected chi connectivity index (χ1v) is 46.2. The minimum Gasteiger partial charge on any atom is -0.481 e. The van der Waals surface area contributed by atoms with Gasteiger partial charge in [0.25, 0.3) is 0 Å². The van der Waals surface area contributed by atoms with Gasteiger partial charge in [0, 0.05) is 134 Å². The molecule has 0 aliphatic rings.